The fraction of sp³-hybridized carbons (Fsp3) is 0.231. The van der Waals surface area contributed by atoms with Crippen LogP contribution in [-0.4, -0.2) is 45.5 Å². The monoisotopic (exact) mass is 519 g/mol. The molecule has 36 heavy (non-hydrogen) atoms. The second kappa shape index (κ2) is 9.79. The maximum Gasteiger partial charge on any atom is 0.356 e. The van der Waals surface area contributed by atoms with Crippen molar-refractivity contribution in [1.82, 2.24) is 14.8 Å². The first-order valence-corrected chi connectivity index (χ1v) is 13.4. The predicted molar refractivity (Wildman–Crippen MR) is 135 cm³/mol. The van der Waals surface area contributed by atoms with Crippen LogP contribution in [0.5, 0.6) is 17.5 Å². The van der Waals surface area contributed by atoms with Gasteiger partial charge in [0.2, 0.25) is 0 Å². The third kappa shape index (κ3) is 4.49. The van der Waals surface area contributed by atoms with Gasteiger partial charge in [-0.1, -0.05) is 47.2 Å². The maximum absolute atomic E-state index is 13.0. The van der Waals surface area contributed by atoms with Crippen molar-refractivity contribution in [2.24, 2.45) is 0 Å². The van der Waals surface area contributed by atoms with Gasteiger partial charge in [-0.2, -0.15) is 0 Å². The molecule has 0 saturated heterocycles. The van der Waals surface area contributed by atoms with E-state index in [-0.39, 0.29) is 23.6 Å². The number of carbonyl (C=O) groups excluding carboxylic acids is 2. The van der Waals surface area contributed by atoms with Crippen molar-refractivity contribution in [1.29, 1.82) is 0 Å². The zero-order valence-corrected chi connectivity index (χ0v) is 20.7. The van der Waals surface area contributed by atoms with Crippen LogP contribution in [-0.2, 0) is 12.8 Å². The Balaban J connectivity index is 1.24. The summed E-state index contributed by atoms with van der Waals surface area (Å²) >= 11 is 2.58. The van der Waals surface area contributed by atoms with Gasteiger partial charge in [0, 0.05) is 11.6 Å². The highest BCUT2D eigenvalue weighted by atomic mass is 32.2. The Bertz CT molecular complexity index is 1410. The average Bonchev–Trinajstić information content (AvgIpc) is 3.66. The predicted octanol–water partition coefficient (Wildman–Crippen LogP) is 4.64. The maximum atomic E-state index is 13.0. The van der Waals surface area contributed by atoms with Gasteiger partial charge < -0.3 is 14.2 Å². The summed E-state index contributed by atoms with van der Waals surface area (Å²) < 4.78 is 18.7. The lowest BCUT2D eigenvalue weighted by Crippen LogP contribution is -2.17. The van der Waals surface area contributed by atoms with E-state index in [1.54, 1.807) is 30.3 Å². The summed E-state index contributed by atoms with van der Waals surface area (Å²) in [6, 6.07) is 17.1. The number of esters is 1. The van der Waals surface area contributed by atoms with Gasteiger partial charge in [0.25, 0.3) is 0 Å². The van der Waals surface area contributed by atoms with Crippen molar-refractivity contribution in [2.45, 2.75) is 24.0 Å². The number of Topliss-reactive ketones (excluding diaryl/α,β-unsaturated/α-hetero) is 1. The summed E-state index contributed by atoms with van der Waals surface area (Å²) in [5.41, 5.74) is 3.03. The van der Waals surface area contributed by atoms with Crippen LogP contribution in [0.3, 0.4) is 0 Å². The quantitative estimate of drug-likeness (QED) is 0.198. The first kappa shape index (κ1) is 22.8. The number of carbonyl (C=O) groups is 2. The van der Waals surface area contributed by atoms with E-state index in [9.17, 15) is 9.59 Å². The molecule has 2 aliphatic rings. The molecular formula is C26H21N3O5S2. The zero-order chi connectivity index (χ0) is 24.5. The zero-order valence-electron chi connectivity index (χ0n) is 19.1. The summed E-state index contributed by atoms with van der Waals surface area (Å²) in [5, 5.41) is 10.8. The van der Waals surface area contributed by atoms with Crippen LogP contribution in [0.25, 0.3) is 0 Å². The van der Waals surface area contributed by atoms with Crippen LogP contribution in [0.4, 0.5) is 0 Å². The minimum absolute atomic E-state index is 0.0181. The molecule has 6 rings (SSSR count). The highest BCUT2D eigenvalue weighted by molar-refractivity contribution is 7.99. The highest BCUT2D eigenvalue weighted by Gasteiger charge is 2.30. The first-order valence-electron chi connectivity index (χ1n) is 11.5. The second-order valence-electron chi connectivity index (χ2n) is 8.40. The molecule has 0 unspecified atom stereocenters. The Morgan fingerprint density at radius 1 is 1.00 bits per heavy atom. The molecule has 0 amide bonds. The smallest absolute Gasteiger partial charge is 0.356 e. The molecule has 4 aromatic rings. The van der Waals surface area contributed by atoms with E-state index < -0.39 is 5.97 Å². The molecule has 0 bridgehead atoms. The van der Waals surface area contributed by atoms with Gasteiger partial charge in [0.1, 0.15) is 18.1 Å². The van der Waals surface area contributed by atoms with Gasteiger partial charge in [0.15, 0.2) is 22.4 Å². The molecule has 182 valence electrons. The van der Waals surface area contributed by atoms with E-state index in [2.05, 4.69) is 22.3 Å². The van der Waals surface area contributed by atoms with E-state index in [0.29, 0.717) is 40.3 Å². The highest BCUT2D eigenvalue weighted by Crippen LogP contribution is 2.36. The van der Waals surface area contributed by atoms with Crippen molar-refractivity contribution in [3.05, 3.63) is 81.5 Å². The molecule has 2 aromatic heterocycles. The van der Waals surface area contributed by atoms with Crippen molar-refractivity contribution in [2.75, 3.05) is 19.0 Å². The number of thioether (sulfide) groups is 1. The Morgan fingerprint density at radius 2 is 1.78 bits per heavy atom. The lowest BCUT2D eigenvalue weighted by atomic mass is 10.1. The van der Waals surface area contributed by atoms with Crippen LogP contribution in [0.15, 0.2) is 65.1 Å². The number of rotatable bonds is 7. The normalized spacial score (nSPS) is 14.4. The summed E-state index contributed by atoms with van der Waals surface area (Å²) in [6.45, 7) is 0.954. The number of fused-ring (bicyclic) bond motifs is 2. The van der Waals surface area contributed by atoms with E-state index in [1.165, 1.54) is 34.2 Å². The first-order chi connectivity index (χ1) is 17.7. The molecule has 0 atom stereocenters. The van der Waals surface area contributed by atoms with Crippen molar-refractivity contribution in [3.8, 4) is 17.5 Å². The largest absolute Gasteiger partial charge is 0.486 e. The third-order valence-corrected chi connectivity index (χ3v) is 7.92. The SMILES string of the molecule is O=C(CSc1nnc(OC(=O)c2cccs2)n1C1Cc2ccccc2C1)c1ccc2c(c1)OCCO2. The van der Waals surface area contributed by atoms with Crippen molar-refractivity contribution < 1.29 is 23.8 Å². The molecule has 1 aliphatic carbocycles. The fourth-order valence-corrected chi connectivity index (χ4v) is 5.91. The number of aromatic nitrogens is 3. The number of thiophene rings is 1. The minimum atomic E-state index is -0.474. The van der Waals surface area contributed by atoms with Gasteiger partial charge in [0.05, 0.1) is 5.75 Å². The van der Waals surface area contributed by atoms with Crippen molar-refractivity contribution >= 4 is 34.9 Å². The topological polar surface area (TPSA) is 92.5 Å². The van der Waals surface area contributed by atoms with Crippen molar-refractivity contribution in [3.63, 3.8) is 0 Å². The number of ether oxygens (including phenoxy) is 3. The van der Waals surface area contributed by atoms with Crippen LogP contribution in [0.1, 0.15) is 37.2 Å². The molecule has 2 aromatic carbocycles. The number of nitrogens with zero attached hydrogens (tertiary/aromatic N) is 3. The standard InChI is InChI=1S/C26H21N3O5S2/c30-20(18-7-8-21-22(14-18)33-10-9-32-21)15-36-26-28-27-25(34-24(31)23-6-3-11-35-23)29(26)19-12-16-4-1-2-5-17(16)13-19/h1-8,11,14,19H,9-10,12-13,15H2. The van der Waals surface area contributed by atoms with Crippen LogP contribution < -0.4 is 14.2 Å². The summed E-state index contributed by atoms with van der Waals surface area (Å²) in [4.78, 5) is 26.1. The number of hydrogen-bond acceptors (Lipinski definition) is 9. The molecule has 0 fully saturated rings. The fourth-order valence-electron chi connectivity index (χ4n) is 4.42. The molecule has 0 N–H and O–H groups in total. The van der Waals surface area contributed by atoms with Crippen LogP contribution in [0.2, 0.25) is 0 Å². The third-order valence-electron chi connectivity index (χ3n) is 6.13. The van der Waals surface area contributed by atoms with Crippen LogP contribution >= 0.6 is 23.1 Å². The molecular weight excluding hydrogens is 498 g/mol. The minimum Gasteiger partial charge on any atom is -0.486 e. The number of ketones is 1. The second-order valence-corrected chi connectivity index (χ2v) is 10.3. The Hall–Kier alpha value is -3.63. The Morgan fingerprint density at radius 3 is 2.53 bits per heavy atom. The molecule has 0 saturated carbocycles. The summed E-state index contributed by atoms with van der Waals surface area (Å²) in [6.07, 6.45) is 1.53. The molecule has 10 heteroatoms. The van der Waals surface area contributed by atoms with E-state index >= 15 is 0 Å². The van der Waals surface area contributed by atoms with Crippen LogP contribution in [0, 0.1) is 0 Å². The van der Waals surface area contributed by atoms with E-state index in [0.717, 1.165) is 12.8 Å². The molecule has 1 aliphatic heterocycles. The van der Waals surface area contributed by atoms with Gasteiger partial charge >= 0.3 is 12.0 Å². The van der Waals surface area contributed by atoms with Gasteiger partial charge in [-0.25, -0.2) is 4.79 Å². The summed E-state index contributed by atoms with van der Waals surface area (Å²) in [7, 11) is 0. The lowest BCUT2D eigenvalue weighted by molar-refractivity contribution is 0.0712. The molecule has 0 spiro atoms. The molecule has 8 nitrogen and oxygen atoms in total. The molecule has 0 radical (unpaired) electrons. The molecule has 3 heterocycles. The number of hydrogen-bond donors (Lipinski definition) is 0. The van der Waals surface area contributed by atoms with E-state index in [4.69, 9.17) is 14.2 Å². The summed E-state index contributed by atoms with van der Waals surface area (Å²) in [5.74, 6) is 0.822. The van der Waals surface area contributed by atoms with Gasteiger partial charge in [-0.3, -0.25) is 9.36 Å². The van der Waals surface area contributed by atoms with Gasteiger partial charge in [-0.15, -0.1) is 16.4 Å². The van der Waals surface area contributed by atoms with E-state index in [1.807, 2.05) is 22.1 Å². The number of benzene rings is 2. The Kier molecular flexibility index (Phi) is 6.20. The Labute approximate surface area is 215 Å². The average molecular weight is 520 g/mol. The van der Waals surface area contributed by atoms with Gasteiger partial charge in [-0.05, 0) is 53.6 Å². The lowest BCUT2D eigenvalue weighted by Gasteiger charge is -2.18.